The summed E-state index contributed by atoms with van der Waals surface area (Å²) in [5, 5.41) is 0. The third-order valence-corrected chi connectivity index (χ3v) is 4.93. The van der Waals surface area contributed by atoms with Crippen molar-refractivity contribution >= 4 is 5.91 Å². The van der Waals surface area contributed by atoms with E-state index >= 15 is 0 Å². The van der Waals surface area contributed by atoms with Gasteiger partial charge in [0.1, 0.15) is 11.2 Å². The van der Waals surface area contributed by atoms with Crippen LogP contribution in [0.1, 0.15) is 25.3 Å². The van der Waals surface area contributed by atoms with E-state index in [1.54, 1.807) is 0 Å². The molecule has 0 unspecified atom stereocenters. The lowest BCUT2D eigenvalue weighted by atomic mass is 9.89. The largest absolute Gasteiger partial charge is 0.354 e. The lowest BCUT2D eigenvalue weighted by Crippen LogP contribution is -2.73. The third kappa shape index (κ3) is 2.17. The van der Waals surface area contributed by atoms with Crippen LogP contribution in [0.25, 0.3) is 0 Å². The summed E-state index contributed by atoms with van der Waals surface area (Å²) in [5.74, 6) is 0.220. The summed E-state index contributed by atoms with van der Waals surface area (Å²) in [6.07, 6.45) is 1.81. The molecule has 112 valence electrons. The van der Waals surface area contributed by atoms with Gasteiger partial charge in [-0.1, -0.05) is 30.3 Å². The van der Waals surface area contributed by atoms with Crippen molar-refractivity contribution in [2.45, 2.75) is 37.5 Å². The number of likely N-dealkylation sites (tertiary alicyclic amines) is 1. The SMILES string of the molecule is CCN1CC2(CN(Cc3ccccc3)C2)OC2(CC2)C1=O. The molecule has 1 aromatic rings. The monoisotopic (exact) mass is 286 g/mol. The minimum absolute atomic E-state index is 0.116. The van der Waals surface area contributed by atoms with E-state index in [9.17, 15) is 4.79 Å². The highest BCUT2D eigenvalue weighted by Crippen LogP contribution is 2.49. The Morgan fingerprint density at radius 1 is 1.14 bits per heavy atom. The molecule has 3 fully saturated rings. The van der Waals surface area contributed by atoms with Crippen LogP contribution in [-0.4, -0.2) is 53.1 Å². The number of nitrogens with zero attached hydrogens (tertiary/aromatic N) is 2. The smallest absolute Gasteiger partial charge is 0.254 e. The zero-order chi connectivity index (χ0) is 14.5. The highest BCUT2D eigenvalue weighted by atomic mass is 16.5. The molecule has 1 aliphatic carbocycles. The molecule has 4 heteroatoms. The Labute approximate surface area is 125 Å². The number of benzene rings is 1. The van der Waals surface area contributed by atoms with Crippen molar-refractivity contribution in [1.29, 1.82) is 0 Å². The summed E-state index contributed by atoms with van der Waals surface area (Å²) in [6.45, 7) is 6.47. The third-order valence-electron chi connectivity index (χ3n) is 4.93. The fraction of sp³-hybridized carbons (Fsp3) is 0.588. The van der Waals surface area contributed by atoms with Gasteiger partial charge in [0.2, 0.25) is 0 Å². The van der Waals surface area contributed by atoms with Gasteiger partial charge < -0.3 is 9.64 Å². The number of amides is 1. The molecule has 0 radical (unpaired) electrons. The van der Waals surface area contributed by atoms with Crippen LogP contribution in [0, 0.1) is 0 Å². The summed E-state index contributed by atoms with van der Waals surface area (Å²) in [7, 11) is 0. The van der Waals surface area contributed by atoms with Crippen LogP contribution in [0.5, 0.6) is 0 Å². The molecule has 2 aliphatic heterocycles. The first-order valence-electron chi connectivity index (χ1n) is 7.91. The van der Waals surface area contributed by atoms with Crippen molar-refractivity contribution in [1.82, 2.24) is 9.80 Å². The zero-order valence-electron chi connectivity index (χ0n) is 12.5. The lowest BCUT2D eigenvalue weighted by Gasteiger charge is -2.56. The van der Waals surface area contributed by atoms with Gasteiger partial charge >= 0.3 is 0 Å². The summed E-state index contributed by atoms with van der Waals surface area (Å²) in [6, 6.07) is 10.5. The number of carbonyl (C=O) groups is 1. The van der Waals surface area contributed by atoms with Crippen LogP contribution < -0.4 is 0 Å². The maximum Gasteiger partial charge on any atom is 0.254 e. The van der Waals surface area contributed by atoms with Gasteiger partial charge in [-0.15, -0.1) is 0 Å². The van der Waals surface area contributed by atoms with E-state index in [1.165, 1.54) is 5.56 Å². The Kier molecular flexibility index (Phi) is 2.88. The molecule has 1 saturated carbocycles. The Morgan fingerprint density at radius 3 is 2.48 bits per heavy atom. The van der Waals surface area contributed by atoms with Crippen molar-refractivity contribution < 1.29 is 9.53 Å². The minimum atomic E-state index is -0.451. The molecule has 0 aromatic heterocycles. The van der Waals surface area contributed by atoms with Crippen LogP contribution in [0.4, 0.5) is 0 Å². The normalized spacial score (nSPS) is 26.1. The van der Waals surface area contributed by atoms with Crippen molar-refractivity contribution in [3.63, 3.8) is 0 Å². The molecule has 3 aliphatic rings. The van der Waals surface area contributed by atoms with E-state index in [-0.39, 0.29) is 11.5 Å². The van der Waals surface area contributed by atoms with Gasteiger partial charge in [-0.3, -0.25) is 9.69 Å². The molecule has 21 heavy (non-hydrogen) atoms. The standard InChI is InChI=1S/C17H22N2O2/c1-2-19-13-16(21-17(8-9-17)15(19)20)11-18(12-16)10-14-6-4-3-5-7-14/h3-7H,2,8-13H2,1H3. The van der Waals surface area contributed by atoms with E-state index in [0.29, 0.717) is 0 Å². The second-order valence-corrected chi connectivity index (χ2v) is 6.73. The van der Waals surface area contributed by atoms with Gasteiger partial charge in [0.05, 0.1) is 6.54 Å². The van der Waals surface area contributed by atoms with E-state index in [2.05, 4.69) is 36.1 Å². The van der Waals surface area contributed by atoms with Gasteiger partial charge in [0, 0.05) is 26.2 Å². The van der Waals surface area contributed by atoms with Crippen LogP contribution in [-0.2, 0) is 16.1 Å². The molecule has 1 aromatic carbocycles. The first-order valence-corrected chi connectivity index (χ1v) is 7.91. The van der Waals surface area contributed by atoms with E-state index in [4.69, 9.17) is 4.74 Å². The summed E-state index contributed by atoms with van der Waals surface area (Å²) in [5.41, 5.74) is 0.773. The second-order valence-electron chi connectivity index (χ2n) is 6.73. The maximum absolute atomic E-state index is 12.3. The predicted octanol–water partition coefficient (Wildman–Crippen LogP) is 1.65. The topological polar surface area (TPSA) is 32.8 Å². The molecule has 2 saturated heterocycles. The molecule has 0 bridgehead atoms. The average molecular weight is 286 g/mol. The first-order chi connectivity index (χ1) is 10.1. The van der Waals surface area contributed by atoms with E-state index < -0.39 is 5.60 Å². The molecular formula is C17H22N2O2. The maximum atomic E-state index is 12.3. The van der Waals surface area contributed by atoms with Crippen molar-refractivity contribution in [3.8, 4) is 0 Å². The Balaban J connectivity index is 1.42. The number of carbonyl (C=O) groups excluding carboxylic acids is 1. The highest BCUT2D eigenvalue weighted by Gasteiger charge is 2.63. The molecule has 1 amide bonds. The van der Waals surface area contributed by atoms with Crippen LogP contribution in [0.3, 0.4) is 0 Å². The van der Waals surface area contributed by atoms with Gasteiger partial charge in [-0.05, 0) is 25.3 Å². The van der Waals surface area contributed by atoms with Crippen LogP contribution in [0.15, 0.2) is 30.3 Å². The second kappa shape index (κ2) is 4.55. The number of ether oxygens (including phenoxy) is 1. The Bertz CT molecular complexity index is 547. The van der Waals surface area contributed by atoms with Gasteiger partial charge in [0.15, 0.2) is 0 Å². The Morgan fingerprint density at radius 2 is 1.86 bits per heavy atom. The van der Waals surface area contributed by atoms with Gasteiger partial charge in [-0.25, -0.2) is 0 Å². The van der Waals surface area contributed by atoms with Crippen LogP contribution in [0.2, 0.25) is 0 Å². The van der Waals surface area contributed by atoms with Crippen molar-refractivity contribution in [2.24, 2.45) is 0 Å². The average Bonchev–Trinajstić information content (AvgIpc) is 3.23. The van der Waals surface area contributed by atoms with Crippen molar-refractivity contribution in [2.75, 3.05) is 26.2 Å². The fourth-order valence-corrected chi connectivity index (χ4v) is 3.77. The van der Waals surface area contributed by atoms with Crippen molar-refractivity contribution in [3.05, 3.63) is 35.9 Å². The highest BCUT2D eigenvalue weighted by molar-refractivity contribution is 5.89. The van der Waals surface area contributed by atoms with Gasteiger partial charge in [-0.2, -0.15) is 0 Å². The quantitative estimate of drug-likeness (QED) is 0.847. The molecule has 2 heterocycles. The fourth-order valence-electron chi connectivity index (χ4n) is 3.77. The lowest BCUT2D eigenvalue weighted by molar-refractivity contribution is -0.226. The molecule has 2 spiro atoms. The summed E-state index contributed by atoms with van der Waals surface area (Å²) in [4.78, 5) is 16.7. The predicted molar refractivity (Wildman–Crippen MR) is 79.8 cm³/mol. The number of rotatable bonds is 3. The number of morpholine rings is 1. The number of likely N-dealkylation sites (N-methyl/N-ethyl adjacent to an activating group) is 1. The molecule has 0 N–H and O–H groups in total. The number of hydrogen-bond acceptors (Lipinski definition) is 3. The molecule has 4 rings (SSSR count). The van der Waals surface area contributed by atoms with Crippen LogP contribution >= 0.6 is 0 Å². The van der Waals surface area contributed by atoms with Gasteiger partial charge in [0.25, 0.3) is 5.91 Å². The zero-order valence-corrected chi connectivity index (χ0v) is 12.5. The first kappa shape index (κ1) is 13.3. The Hall–Kier alpha value is -1.39. The summed E-state index contributed by atoms with van der Waals surface area (Å²) >= 11 is 0. The minimum Gasteiger partial charge on any atom is -0.354 e. The molecular weight excluding hydrogens is 264 g/mol. The molecule has 0 atom stereocenters. The molecule has 4 nitrogen and oxygen atoms in total. The summed E-state index contributed by atoms with van der Waals surface area (Å²) < 4.78 is 6.29. The van der Waals surface area contributed by atoms with E-state index in [0.717, 1.165) is 45.6 Å². The van der Waals surface area contributed by atoms with E-state index in [1.807, 2.05) is 11.0 Å². The number of hydrogen-bond donors (Lipinski definition) is 0.